The zero-order valence-electron chi connectivity index (χ0n) is 19.4. The van der Waals surface area contributed by atoms with Crippen molar-refractivity contribution in [2.24, 2.45) is 0 Å². The number of carbonyl (C=O) groups is 3. The van der Waals surface area contributed by atoms with Gasteiger partial charge in [-0.3, -0.25) is 9.59 Å². The second-order valence-corrected chi connectivity index (χ2v) is 8.09. The van der Waals surface area contributed by atoms with Gasteiger partial charge in [-0.25, -0.2) is 4.79 Å². The molecule has 0 aromatic rings. The van der Waals surface area contributed by atoms with Gasteiger partial charge in [0, 0.05) is 64.2 Å². The molecule has 171 valence electrons. The van der Waals surface area contributed by atoms with Gasteiger partial charge < -0.3 is 15.5 Å². The summed E-state index contributed by atoms with van der Waals surface area (Å²) in [6, 6.07) is -1.12. The van der Waals surface area contributed by atoms with Gasteiger partial charge in [0.05, 0.1) is 0 Å². The second-order valence-electron chi connectivity index (χ2n) is 8.09. The van der Waals surface area contributed by atoms with Crippen LogP contribution in [-0.2, 0) is 14.4 Å². The fourth-order valence-corrected chi connectivity index (χ4v) is 3.45. The van der Waals surface area contributed by atoms with E-state index in [2.05, 4.69) is 12.2 Å². The summed E-state index contributed by atoms with van der Waals surface area (Å²) < 4.78 is 0. The number of aliphatic carboxylic acids is 2. The van der Waals surface area contributed by atoms with Crippen LogP contribution in [0.5, 0.6) is 0 Å². The standard InChI is InChI=1S/C23H43NO5.K/c1-2-3-4-5-6-7-8-9-10-11-12-13-14-15-16-17-21(25)24-20(23(28)29)18-19-22(26)27;/h20H,2-19H2,1H3,(H,24,25)(H,26,27)(H,28,29);/t20-;/m0./s1. The van der Waals surface area contributed by atoms with E-state index in [0.717, 1.165) is 19.3 Å². The number of carbonyl (C=O) groups excluding carboxylic acids is 1. The first-order valence-electron chi connectivity index (χ1n) is 11.7. The molecular weight excluding hydrogens is 409 g/mol. The number of nitrogens with one attached hydrogen (secondary N) is 1. The van der Waals surface area contributed by atoms with Gasteiger partial charge in [0.25, 0.3) is 0 Å². The maximum absolute atomic E-state index is 11.8. The molecule has 3 N–H and O–H groups in total. The average Bonchev–Trinajstić information content (AvgIpc) is 2.67. The van der Waals surface area contributed by atoms with E-state index in [1.54, 1.807) is 0 Å². The van der Waals surface area contributed by atoms with Gasteiger partial charge in [-0.1, -0.05) is 96.8 Å². The molecule has 0 spiro atoms. The number of rotatable bonds is 21. The minimum atomic E-state index is -1.18. The van der Waals surface area contributed by atoms with Crippen LogP contribution in [0.1, 0.15) is 122 Å². The van der Waals surface area contributed by atoms with Crippen molar-refractivity contribution < 1.29 is 24.6 Å². The largest absolute Gasteiger partial charge is 0.481 e. The molecule has 0 rings (SSSR count). The van der Waals surface area contributed by atoms with Gasteiger partial charge in [0.2, 0.25) is 5.91 Å². The van der Waals surface area contributed by atoms with Crippen LogP contribution in [0.4, 0.5) is 0 Å². The Morgan fingerprint density at radius 3 is 1.43 bits per heavy atom. The van der Waals surface area contributed by atoms with Crippen molar-refractivity contribution in [3.63, 3.8) is 0 Å². The molecule has 0 heterocycles. The average molecular weight is 453 g/mol. The molecule has 0 aromatic carbocycles. The van der Waals surface area contributed by atoms with Crippen LogP contribution >= 0.6 is 0 Å². The predicted octanol–water partition coefficient (Wildman–Crippen LogP) is 5.30. The van der Waals surface area contributed by atoms with E-state index in [1.807, 2.05) is 0 Å². The summed E-state index contributed by atoms with van der Waals surface area (Å²) in [5.74, 6) is -2.55. The first-order valence-corrected chi connectivity index (χ1v) is 11.7. The van der Waals surface area contributed by atoms with Gasteiger partial charge in [-0.2, -0.15) is 0 Å². The first-order chi connectivity index (χ1) is 14.0. The molecule has 0 aliphatic carbocycles. The maximum atomic E-state index is 11.8. The third kappa shape index (κ3) is 22.7. The molecule has 0 unspecified atom stereocenters. The third-order valence-corrected chi connectivity index (χ3v) is 5.29. The molecule has 1 radical (unpaired) electrons. The van der Waals surface area contributed by atoms with E-state index in [1.165, 1.54) is 77.0 Å². The van der Waals surface area contributed by atoms with Crippen molar-refractivity contribution >= 4 is 69.2 Å². The van der Waals surface area contributed by atoms with Gasteiger partial charge in [0.1, 0.15) is 6.04 Å². The molecule has 0 saturated carbocycles. The molecule has 30 heavy (non-hydrogen) atoms. The Labute approximate surface area is 225 Å². The number of hydrogen-bond donors (Lipinski definition) is 3. The molecule has 7 heteroatoms. The molecule has 1 atom stereocenters. The fourth-order valence-electron chi connectivity index (χ4n) is 3.45. The zero-order valence-corrected chi connectivity index (χ0v) is 22.5. The van der Waals surface area contributed by atoms with Gasteiger partial charge in [-0.15, -0.1) is 0 Å². The second kappa shape index (κ2) is 23.7. The van der Waals surface area contributed by atoms with Gasteiger partial charge in [-0.05, 0) is 12.8 Å². The molecule has 0 aliphatic rings. The molecular formula is C23H43KNO5. The summed E-state index contributed by atoms with van der Waals surface area (Å²) in [4.78, 5) is 33.4. The third-order valence-electron chi connectivity index (χ3n) is 5.29. The van der Waals surface area contributed by atoms with Crippen LogP contribution in [-0.4, -0.2) is 85.5 Å². The van der Waals surface area contributed by atoms with Crippen molar-refractivity contribution in [2.45, 2.75) is 129 Å². The zero-order chi connectivity index (χ0) is 21.7. The summed E-state index contributed by atoms with van der Waals surface area (Å²) in [5.41, 5.74) is 0. The molecule has 0 fully saturated rings. The van der Waals surface area contributed by atoms with Crippen molar-refractivity contribution in [3.05, 3.63) is 0 Å². The summed E-state index contributed by atoms with van der Waals surface area (Å²) in [7, 11) is 0. The molecule has 0 saturated heterocycles. The minimum absolute atomic E-state index is 0. The van der Waals surface area contributed by atoms with Gasteiger partial charge in [0.15, 0.2) is 0 Å². The van der Waals surface area contributed by atoms with Crippen LogP contribution in [0, 0.1) is 0 Å². The Morgan fingerprint density at radius 1 is 0.667 bits per heavy atom. The Hall–Kier alpha value is 0.0464. The smallest absolute Gasteiger partial charge is 0.326 e. The van der Waals surface area contributed by atoms with Crippen molar-refractivity contribution in [1.82, 2.24) is 5.32 Å². The van der Waals surface area contributed by atoms with E-state index in [9.17, 15) is 14.4 Å². The summed E-state index contributed by atoms with van der Waals surface area (Å²) >= 11 is 0. The van der Waals surface area contributed by atoms with E-state index in [-0.39, 0.29) is 70.1 Å². The van der Waals surface area contributed by atoms with Crippen LogP contribution < -0.4 is 5.32 Å². The topological polar surface area (TPSA) is 104 Å². The number of carboxylic acid groups (broad SMARTS) is 2. The Bertz CT molecular complexity index is 445. The number of hydrogen-bond acceptors (Lipinski definition) is 3. The maximum Gasteiger partial charge on any atom is 0.326 e. The van der Waals surface area contributed by atoms with Crippen LogP contribution in [0.2, 0.25) is 0 Å². The normalized spacial score (nSPS) is 11.5. The van der Waals surface area contributed by atoms with Gasteiger partial charge >= 0.3 is 11.9 Å². The molecule has 1 amide bonds. The minimum Gasteiger partial charge on any atom is -0.481 e. The van der Waals surface area contributed by atoms with E-state index in [0.29, 0.717) is 6.42 Å². The molecule has 6 nitrogen and oxygen atoms in total. The Kier molecular flexibility index (Phi) is 25.5. The van der Waals surface area contributed by atoms with Crippen molar-refractivity contribution in [2.75, 3.05) is 0 Å². The molecule has 0 bridgehead atoms. The fraction of sp³-hybridized carbons (Fsp3) is 0.870. The van der Waals surface area contributed by atoms with Crippen molar-refractivity contribution in [1.29, 1.82) is 0 Å². The van der Waals surface area contributed by atoms with E-state index < -0.39 is 18.0 Å². The summed E-state index contributed by atoms with van der Waals surface area (Å²) in [5, 5.41) is 20.1. The van der Waals surface area contributed by atoms with E-state index in [4.69, 9.17) is 10.2 Å². The SMILES string of the molecule is CCCCCCCCCCCCCCCCCC(=O)N[C@@H](CCC(=O)O)C(=O)O.[K]. The summed E-state index contributed by atoms with van der Waals surface area (Å²) in [6.45, 7) is 2.25. The Balaban J connectivity index is 0. The van der Waals surface area contributed by atoms with Crippen LogP contribution in [0.25, 0.3) is 0 Å². The van der Waals surface area contributed by atoms with E-state index >= 15 is 0 Å². The predicted molar refractivity (Wildman–Crippen MR) is 122 cm³/mol. The monoisotopic (exact) mass is 452 g/mol. The number of unbranched alkanes of at least 4 members (excludes halogenated alkanes) is 14. The van der Waals surface area contributed by atoms with Crippen LogP contribution in [0.3, 0.4) is 0 Å². The van der Waals surface area contributed by atoms with Crippen LogP contribution in [0.15, 0.2) is 0 Å². The quantitative estimate of drug-likeness (QED) is 0.162. The summed E-state index contributed by atoms with van der Waals surface area (Å²) in [6.07, 6.45) is 18.8. The number of amides is 1. The first kappa shape index (κ1) is 32.2. The van der Waals surface area contributed by atoms with Crippen molar-refractivity contribution in [3.8, 4) is 0 Å². The molecule has 0 aromatic heterocycles. The Morgan fingerprint density at radius 2 is 1.07 bits per heavy atom. The number of carboxylic acids is 2. The molecule has 0 aliphatic heterocycles.